The molecule has 0 heterocycles. The summed E-state index contributed by atoms with van der Waals surface area (Å²) in [5.74, 6) is 0.554. The number of amides is 2. The zero-order valence-corrected chi connectivity index (χ0v) is 17.4. The van der Waals surface area contributed by atoms with Gasteiger partial charge in [-0.15, -0.1) is 0 Å². The Balaban J connectivity index is 1.60. The summed E-state index contributed by atoms with van der Waals surface area (Å²) in [5.41, 5.74) is 3.90. The summed E-state index contributed by atoms with van der Waals surface area (Å²) in [4.78, 5) is 24.7. The van der Waals surface area contributed by atoms with E-state index in [9.17, 15) is 9.59 Å². The van der Waals surface area contributed by atoms with Gasteiger partial charge in [0.15, 0.2) is 6.61 Å². The lowest BCUT2D eigenvalue weighted by atomic mass is 10.0. The zero-order valence-electron chi connectivity index (χ0n) is 17.4. The fraction of sp³-hybridized carbons (Fsp3) is 0.200. The quantitative estimate of drug-likeness (QED) is 0.557. The molecule has 0 bridgehead atoms. The number of carbonyl (C=O) groups excluding carboxylic acids is 2. The summed E-state index contributed by atoms with van der Waals surface area (Å²) in [5, 5.41) is 5.65. The molecule has 3 aromatic carbocycles. The summed E-state index contributed by atoms with van der Waals surface area (Å²) in [6.07, 6.45) is 0. The SMILES string of the molecule is Cc1ccc(C(C)C)c(OCC(=O)Nc2cccc(NC(=O)c3ccccc3)c2)c1. The van der Waals surface area contributed by atoms with Gasteiger partial charge in [0.05, 0.1) is 0 Å². The van der Waals surface area contributed by atoms with Gasteiger partial charge in [-0.3, -0.25) is 9.59 Å². The van der Waals surface area contributed by atoms with Gasteiger partial charge in [-0.1, -0.05) is 50.2 Å². The molecule has 0 fully saturated rings. The number of carbonyl (C=O) groups is 2. The Morgan fingerprint density at radius 1 is 0.867 bits per heavy atom. The van der Waals surface area contributed by atoms with Crippen molar-refractivity contribution in [2.75, 3.05) is 17.2 Å². The summed E-state index contributed by atoms with van der Waals surface area (Å²) in [7, 11) is 0. The minimum atomic E-state index is -0.266. The van der Waals surface area contributed by atoms with Gasteiger partial charge in [0.1, 0.15) is 5.75 Å². The maximum absolute atomic E-state index is 12.4. The van der Waals surface area contributed by atoms with E-state index in [4.69, 9.17) is 4.74 Å². The third-order valence-electron chi connectivity index (χ3n) is 4.59. The number of nitrogens with one attached hydrogen (secondary N) is 2. The Kier molecular flexibility index (Phi) is 6.86. The van der Waals surface area contributed by atoms with Crippen LogP contribution in [-0.4, -0.2) is 18.4 Å². The molecule has 0 unspecified atom stereocenters. The van der Waals surface area contributed by atoms with Crippen LogP contribution in [-0.2, 0) is 4.79 Å². The molecule has 0 aliphatic heterocycles. The van der Waals surface area contributed by atoms with Crippen molar-refractivity contribution in [3.8, 4) is 5.75 Å². The van der Waals surface area contributed by atoms with Gasteiger partial charge in [-0.2, -0.15) is 0 Å². The number of hydrogen-bond donors (Lipinski definition) is 2. The van der Waals surface area contributed by atoms with Crippen molar-refractivity contribution in [2.45, 2.75) is 26.7 Å². The molecule has 0 saturated carbocycles. The molecule has 30 heavy (non-hydrogen) atoms. The van der Waals surface area contributed by atoms with Crippen LogP contribution in [0.5, 0.6) is 5.75 Å². The highest BCUT2D eigenvalue weighted by atomic mass is 16.5. The van der Waals surface area contributed by atoms with Crippen molar-refractivity contribution in [1.29, 1.82) is 0 Å². The van der Waals surface area contributed by atoms with Gasteiger partial charge < -0.3 is 15.4 Å². The maximum Gasteiger partial charge on any atom is 0.262 e. The van der Waals surface area contributed by atoms with Gasteiger partial charge in [0.2, 0.25) is 0 Å². The van der Waals surface area contributed by atoms with Crippen LogP contribution in [0.25, 0.3) is 0 Å². The minimum absolute atomic E-state index is 0.0935. The van der Waals surface area contributed by atoms with E-state index in [0.29, 0.717) is 22.9 Å². The van der Waals surface area contributed by atoms with Gasteiger partial charge in [-0.25, -0.2) is 0 Å². The van der Waals surface area contributed by atoms with Crippen molar-refractivity contribution < 1.29 is 14.3 Å². The fourth-order valence-corrected chi connectivity index (χ4v) is 3.05. The largest absolute Gasteiger partial charge is 0.483 e. The van der Waals surface area contributed by atoms with Crippen LogP contribution in [0.2, 0.25) is 0 Å². The Hall–Kier alpha value is -3.60. The Bertz CT molecular complexity index is 1030. The summed E-state index contributed by atoms with van der Waals surface area (Å²) < 4.78 is 5.78. The lowest BCUT2D eigenvalue weighted by Crippen LogP contribution is -2.21. The van der Waals surface area contributed by atoms with Crippen LogP contribution >= 0.6 is 0 Å². The van der Waals surface area contributed by atoms with Crippen LogP contribution < -0.4 is 15.4 Å². The second-order valence-electron chi connectivity index (χ2n) is 7.43. The topological polar surface area (TPSA) is 67.4 Å². The number of aryl methyl sites for hydroxylation is 1. The molecule has 5 heteroatoms. The van der Waals surface area contributed by atoms with E-state index in [1.807, 2.05) is 43.3 Å². The van der Waals surface area contributed by atoms with E-state index < -0.39 is 0 Å². The van der Waals surface area contributed by atoms with Crippen LogP contribution in [0.4, 0.5) is 11.4 Å². The van der Waals surface area contributed by atoms with Gasteiger partial charge >= 0.3 is 0 Å². The number of hydrogen-bond acceptors (Lipinski definition) is 3. The van der Waals surface area contributed by atoms with Crippen LogP contribution in [0, 0.1) is 6.92 Å². The van der Waals surface area contributed by atoms with Gasteiger partial charge in [0, 0.05) is 16.9 Å². The average molecular weight is 402 g/mol. The number of ether oxygens (including phenoxy) is 1. The first-order valence-corrected chi connectivity index (χ1v) is 9.92. The van der Waals surface area contributed by atoms with Crippen molar-refractivity contribution in [3.63, 3.8) is 0 Å². The molecule has 0 aliphatic rings. The highest BCUT2D eigenvalue weighted by Gasteiger charge is 2.11. The van der Waals surface area contributed by atoms with Crippen molar-refractivity contribution in [1.82, 2.24) is 0 Å². The van der Waals surface area contributed by atoms with Crippen LogP contribution in [0.1, 0.15) is 41.3 Å². The molecule has 154 valence electrons. The van der Waals surface area contributed by atoms with E-state index in [1.165, 1.54) is 0 Å². The standard InChI is InChI=1S/C25H26N2O3/c1-17(2)22-13-12-18(3)14-23(22)30-16-24(28)26-20-10-7-11-21(15-20)27-25(29)19-8-5-4-6-9-19/h4-15,17H,16H2,1-3H3,(H,26,28)(H,27,29). The summed E-state index contributed by atoms with van der Waals surface area (Å²) in [6.45, 7) is 6.08. The van der Waals surface area contributed by atoms with Crippen LogP contribution in [0.3, 0.4) is 0 Å². The molecule has 3 aromatic rings. The molecule has 0 atom stereocenters. The Morgan fingerprint density at radius 3 is 2.27 bits per heavy atom. The molecule has 0 saturated heterocycles. The minimum Gasteiger partial charge on any atom is -0.483 e. The summed E-state index contributed by atoms with van der Waals surface area (Å²) in [6, 6.07) is 22.0. The molecule has 0 radical (unpaired) electrons. The predicted molar refractivity (Wildman–Crippen MR) is 120 cm³/mol. The van der Waals surface area contributed by atoms with E-state index in [1.54, 1.807) is 36.4 Å². The predicted octanol–water partition coefficient (Wildman–Crippen LogP) is 5.39. The molecule has 0 aromatic heterocycles. The molecular weight excluding hydrogens is 376 g/mol. The first kappa shape index (κ1) is 21.1. The molecule has 0 spiro atoms. The molecule has 2 amide bonds. The van der Waals surface area contributed by atoms with E-state index in [0.717, 1.165) is 16.9 Å². The molecular formula is C25H26N2O3. The van der Waals surface area contributed by atoms with Gasteiger partial charge in [0.25, 0.3) is 11.8 Å². The normalized spacial score (nSPS) is 10.5. The van der Waals surface area contributed by atoms with E-state index >= 15 is 0 Å². The lowest BCUT2D eigenvalue weighted by Gasteiger charge is -2.15. The maximum atomic E-state index is 12.4. The second-order valence-corrected chi connectivity index (χ2v) is 7.43. The smallest absolute Gasteiger partial charge is 0.262 e. The molecule has 2 N–H and O–H groups in total. The van der Waals surface area contributed by atoms with Crippen molar-refractivity contribution in [2.24, 2.45) is 0 Å². The first-order valence-electron chi connectivity index (χ1n) is 9.92. The first-order chi connectivity index (χ1) is 14.4. The molecule has 5 nitrogen and oxygen atoms in total. The van der Waals surface area contributed by atoms with Crippen molar-refractivity contribution >= 4 is 23.2 Å². The third kappa shape index (κ3) is 5.70. The van der Waals surface area contributed by atoms with Crippen molar-refractivity contribution in [3.05, 3.63) is 89.5 Å². The Morgan fingerprint density at radius 2 is 1.57 bits per heavy atom. The van der Waals surface area contributed by atoms with E-state index in [-0.39, 0.29) is 18.4 Å². The zero-order chi connectivity index (χ0) is 21.5. The second kappa shape index (κ2) is 9.74. The van der Waals surface area contributed by atoms with Gasteiger partial charge in [-0.05, 0) is 60.4 Å². The lowest BCUT2D eigenvalue weighted by molar-refractivity contribution is -0.118. The molecule has 3 rings (SSSR count). The molecule has 0 aliphatic carbocycles. The van der Waals surface area contributed by atoms with Crippen LogP contribution in [0.15, 0.2) is 72.8 Å². The highest BCUT2D eigenvalue weighted by Crippen LogP contribution is 2.27. The highest BCUT2D eigenvalue weighted by molar-refractivity contribution is 6.04. The Labute approximate surface area is 177 Å². The fourth-order valence-electron chi connectivity index (χ4n) is 3.05. The summed E-state index contributed by atoms with van der Waals surface area (Å²) >= 11 is 0. The number of rotatable bonds is 7. The number of benzene rings is 3. The average Bonchev–Trinajstić information content (AvgIpc) is 2.73. The third-order valence-corrected chi connectivity index (χ3v) is 4.59. The number of anilines is 2. The van der Waals surface area contributed by atoms with E-state index in [2.05, 4.69) is 24.5 Å². The monoisotopic (exact) mass is 402 g/mol.